The standard InChI is InChI=1S/C22H22BrN3O2/c1-22(2)12-14-10-15(23)6-8-17(14)20(22)25-21(28)24-16-7-4-13-5-9-19(27)26(3)18(13)11-16/h4-11,20H,12H2,1-3H3,(H2,24,25,28). The smallest absolute Gasteiger partial charge is 0.319 e. The molecule has 2 N–H and O–H groups in total. The predicted molar refractivity (Wildman–Crippen MR) is 116 cm³/mol. The molecule has 1 atom stereocenters. The lowest BCUT2D eigenvalue weighted by molar-refractivity contribution is 0.229. The molecule has 1 heterocycles. The number of amides is 2. The number of carbonyl (C=O) groups is 1. The molecule has 1 aliphatic rings. The molecule has 4 rings (SSSR count). The molecule has 6 heteroatoms. The summed E-state index contributed by atoms with van der Waals surface area (Å²) in [6.07, 6.45) is 0.908. The van der Waals surface area contributed by atoms with Crippen molar-refractivity contribution in [2.75, 3.05) is 5.32 Å². The maximum atomic E-state index is 12.7. The van der Waals surface area contributed by atoms with Crippen LogP contribution in [-0.4, -0.2) is 10.6 Å². The summed E-state index contributed by atoms with van der Waals surface area (Å²) in [6.45, 7) is 4.33. The number of anilines is 1. The number of fused-ring (bicyclic) bond motifs is 2. The van der Waals surface area contributed by atoms with E-state index in [1.54, 1.807) is 23.7 Å². The van der Waals surface area contributed by atoms with Crippen LogP contribution in [0.5, 0.6) is 0 Å². The molecule has 1 unspecified atom stereocenters. The van der Waals surface area contributed by atoms with Gasteiger partial charge < -0.3 is 15.2 Å². The summed E-state index contributed by atoms with van der Waals surface area (Å²) in [6, 6.07) is 14.8. The Morgan fingerprint density at radius 1 is 1.14 bits per heavy atom. The van der Waals surface area contributed by atoms with Gasteiger partial charge in [0, 0.05) is 23.3 Å². The minimum atomic E-state index is -0.255. The van der Waals surface area contributed by atoms with E-state index in [-0.39, 0.29) is 23.0 Å². The number of hydrogen-bond acceptors (Lipinski definition) is 2. The number of halogens is 1. The Hall–Kier alpha value is -2.60. The first-order chi connectivity index (χ1) is 13.2. The molecule has 28 heavy (non-hydrogen) atoms. The first-order valence-corrected chi connectivity index (χ1v) is 9.99. The van der Waals surface area contributed by atoms with Gasteiger partial charge in [-0.25, -0.2) is 4.79 Å². The largest absolute Gasteiger partial charge is 0.331 e. The number of aryl methyl sites for hydroxylation is 1. The Labute approximate surface area is 171 Å². The third-order valence-electron chi connectivity index (χ3n) is 5.50. The van der Waals surface area contributed by atoms with Gasteiger partial charge in [0.2, 0.25) is 0 Å². The minimum absolute atomic E-state index is 0.0691. The Morgan fingerprint density at radius 3 is 2.68 bits per heavy atom. The summed E-state index contributed by atoms with van der Waals surface area (Å²) < 4.78 is 2.63. The van der Waals surface area contributed by atoms with Gasteiger partial charge in [0.15, 0.2) is 0 Å². The van der Waals surface area contributed by atoms with Crippen LogP contribution in [-0.2, 0) is 13.5 Å². The molecule has 5 nitrogen and oxygen atoms in total. The molecule has 0 bridgehead atoms. The van der Waals surface area contributed by atoms with Gasteiger partial charge in [-0.05, 0) is 58.7 Å². The number of nitrogens with zero attached hydrogens (tertiary/aromatic N) is 1. The molecule has 0 saturated heterocycles. The topological polar surface area (TPSA) is 63.1 Å². The Balaban J connectivity index is 1.57. The molecular weight excluding hydrogens is 418 g/mol. The zero-order valence-corrected chi connectivity index (χ0v) is 17.6. The van der Waals surface area contributed by atoms with Crippen LogP contribution in [0.2, 0.25) is 0 Å². The van der Waals surface area contributed by atoms with Crippen molar-refractivity contribution in [2.24, 2.45) is 12.5 Å². The minimum Gasteiger partial charge on any atom is -0.331 e. The Bertz CT molecular complexity index is 1150. The summed E-state index contributed by atoms with van der Waals surface area (Å²) in [5, 5.41) is 6.99. The summed E-state index contributed by atoms with van der Waals surface area (Å²) in [5.74, 6) is 0. The van der Waals surface area contributed by atoms with Crippen molar-refractivity contribution in [3.63, 3.8) is 0 Å². The Morgan fingerprint density at radius 2 is 1.89 bits per heavy atom. The van der Waals surface area contributed by atoms with Gasteiger partial charge >= 0.3 is 6.03 Å². The van der Waals surface area contributed by atoms with Gasteiger partial charge in [0.25, 0.3) is 5.56 Å². The molecule has 144 valence electrons. The zero-order chi connectivity index (χ0) is 20.1. The van der Waals surface area contributed by atoms with E-state index < -0.39 is 0 Å². The van der Waals surface area contributed by atoms with Gasteiger partial charge in [0.1, 0.15) is 0 Å². The van der Waals surface area contributed by atoms with Crippen LogP contribution >= 0.6 is 15.9 Å². The number of pyridine rings is 1. The number of aromatic nitrogens is 1. The monoisotopic (exact) mass is 439 g/mol. The quantitative estimate of drug-likeness (QED) is 0.605. The summed E-state index contributed by atoms with van der Waals surface area (Å²) in [4.78, 5) is 24.6. The van der Waals surface area contributed by atoms with Crippen molar-refractivity contribution in [3.05, 3.63) is 74.5 Å². The van der Waals surface area contributed by atoms with Crippen molar-refractivity contribution in [2.45, 2.75) is 26.3 Å². The highest BCUT2D eigenvalue weighted by Crippen LogP contribution is 2.45. The molecule has 0 saturated carbocycles. The Kier molecular flexibility index (Phi) is 4.54. The van der Waals surface area contributed by atoms with Gasteiger partial charge in [-0.1, -0.05) is 41.9 Å². The fraction of sp³-hybridized carbons (Fsp3) is 0.273. The second kappa shape index (κ2) is 6.78. The fourth-order valence-electron chi connectivity index (χ4n) is 4.04. The van der Waals surface area contributed by atoms with E-state index in [2.05, 4.69) is 52.5 Å². The van der Waals surface area contributed by atoms with Crippen molar-refractivity contribution in [1.82, 2.24) is 9.88 Å². The number of carbonyl (C=O) groups excluding carboxylic acids is 1. The van der Waals surface area contributed by atoms with Crippen LogP contribution in [0.1, 0.15) is 31.0 Å². The lowest BCUT2D eigenvalue weighted by atomic mass is 9.85. The highest BCUT2D eigenvalue weighted by atomic mass is 79.9. The van der Waals surface area contributed by atoms with E-state index in [1.807, 2.05) is 24.3 Å². The van der Waals surface area contributed by atoms with Crippen LogP contribution < -0.4 is 16.2 Å². The normalized spacial score (nSPS) is 17.4. The van der Waals surface area contributed by atoms with Gasteiger partial charge in [0.05, 0.1) is 11.6 Å². The van der Waals surface area contributed by atoms with Crippen LogP contribution in [0.25, 0.3) is 10.9 Å². The van der Waals surface area contributed by atoms with Crippen molar-refractivity contribution in [1.29, 1.82) is 0 Å². The third kappa shape index (κ3) is 3.33. The summed E-state index contributed by atoms with van der Waals surface area (Å²) in [5.41, 5.74) is 3.69. The maximum Gasteiger partial charge on any atom is 0.319 e. The van der Waals surface area contributed by atoms with E-state index in [9.17, 15) is 9.59 Å². The summed E-state index contributed by atoms with van der Waals surface area (Å²) >= 11 is 3.52. The average molecular weight is 440 g/mol. The second-order valence-electron chi connectivity index (χ2n) is 8.04. The van der Waals surface area contributed by atoms with E-state index in [4.69, 9.17) is 0 Å². The molecule has 2 aromatic carbocycles. The van der Waals surface area contributed by atoms with E-state index >= 15 is 0 Å². The average Bonchev–Trinajstić information content (AvgIpc) is 2.87. The highest BCUT2D eigenvalue weighted by Gasteiger charge is 2.39. The van der Waals surface area contributed by atoms with E-state index in [0.29, 0.717) is 5.69 Å². The molecule has 0 radical (unpaired) electrons. The molecule has 1 aromatic heterocycles. The fourth-order valence-corrected chi connectivity index (χ4v) is 4.45. The number of urea groups is 1. The first kappa shape index (κ1) is 18.7. The lowest BCUT2D eigenvalue weighted by Crippen LogP contribution is -2.38. The van der Waals surface area contributed by atoms with E-state index in [1.165, 1.54) is 5.56 Å². The maximum absolute atomic E-state index is 12.7. The third-order valence-corrected chi connectivity index (χ3v) is 6.00. The number of nitrogens with one attached hydrogen (secondary N) is 2. The molecule has 0 fully saturated rings. The number of benzene rings is 2. The van der Waals surface area contributed by atoms with Crippen molar-refractivity contribution >= 4 is 38.6 Å². The van der Waals surface area contributed by atoms with Crippen LogP contribution in [0.4, 0.5) is 10.5 Å². The van der Waals surface area contributed by atoms with Crippen molar-refractivity contribution < 1.29 is 4.79 Å². The van der Waals surface area contributed by atoms with E-state index in [0.717, 1.165) is 27.4 Å². The lowest BCUT2D eigenvalue weighted by Gasteiger charge is -2.28. The van der Waals surface area contributed by atoms with Crippen molar-refractivity contribution in [3.8, 4) is 0 Å². The molecule has 1 aliphatic carbocycles. The first-order valence-electron chi connectivity index (χ1n) is 9.20. The molecular formula is C22H22BrN3O2. The zero-order valence-electron chi connectivity index (χ0n) is 16.0. The molecule has 0 spiro atoms. The predicted octanol–water partition coefficient (Wildman–Crippen LogP) is 4.75. The van der Waals surface area contributed by atoms with Gasteiger partial charge in [-0.3, -0.25) is 4.79 Å². The van der Waals surface area contributed by atoms with Crippen LogP contribution in [0, 0.1) is 5.41 Å². The highest BCUT2D eigenvalue weighted by molar-refractivity contribution is 9.10. The summed E-state index contributed by atoms with van der Waals surface area (Å²) in [7, 11) is 1.73. The second-order valence-corrected chi connectivity index (χ2v) is 8.96. The number of hydrogen-bond donors (Lipinski definition) is 2. The van der Waals surface area contributed by atoms with Gasteiger partial charge in [-0.15, -0.1) is 0 Å². The van der Waals surface area contributed by atoms with Gasteiger partial charge in [-0.2, -0.15) is 0 Å². The molecule has 3 aromatic rings. The van der Waals surface area contributed by atoms with Crippen LogP contribution in [0.15, 0.2) is 57.8 Å². The molecule has 2 amide bonds. The molecule has 0 aliphatic heterocycles. The number of rotatable bonds is 2. The van der Waals surface area contributed by atoms with Crippen LogP contribution in [0.3, 0.4) is 0 Å². The SMILES string of the molecule is Cn1c(=O)ccc2ccc(NC(=O)NC3c4ccc(Br)cc4CC3(C)C)cc21.